The molecule has 0 bridgehead atoms. The number of nitrogens with two attached hydrogens (primary N) is 1. The van der Waals surface area contributed by atoms with Crippen LogP contribution in [0.3, 0.4) is 0 Å². The smallest absolute Gasteiger partial charge is 0.320 e. The number of methoxy groups -OCH3 is 1. The van der Waals surface area contributed by atoms with Gasteiger partial charge in [0.25, 0.3) is 0 Å². The summed E-state index contributed by atoms with van der Waals surface area (Å²) in [5, 5.41) is 13.6. The van der Waals surface area contributed by atoms with Crippen molar-refractivity contribution >= 4 is 5.97 Å². The van der Waals surface area contributed by atoms with Gasteiger partial charge >= 0.3 is 5.97 Å². The Labute approximate surface area is 183 Å². The van der Waals surface area contributed by atoms with Crippen LogP contribution >= 0.6 is 0 Å². The quantitative estimate of drug-likeness (QED) is 0.322. The maximum absolute atomic E-state index is 12.3. The zero-order valence-electron chi connectivity index (χ0n) is 17.8. The molecule has 0 aliphatic heterocycles. The molecule has 0 saturated carbocycles. The molecule has 0 amide bonds. The number of benzene rings is 3. The van der Waals surface area contributed by atoms with Gasteiger partial charge in [-0.15, -0.1) is 0 Å². The lowest BCUT2D eigenvalue weighted by Gasteiger charge is -2.40. The van der Waals surface area contributed by atoms with E-state index in [0.717, 1.165) is 29.5 Å². The largest absolute Gasteiger partial charge is 0.496 e. The van der Waals surface area contributed by atoms with Crippen LogP contribution in [0.2, 0.25) is 0 Å². The lowest BCUT2D eigenvalue weighted by molar-refractivity contribution is -0.140. The highest BCUT2D eigenvalue weighted by Crippen LogP contribution is 2.41. The van der Waals surface area contributed by atoms with E-state index in [0.29, 0.717) is 18.7 Å². The topological polar surface area (TPSA) is 84.6 Å². The maximum Gasteiger partial charge on any atom is 0.320 e. The van der Waals surface area contributed by atoms with E-state index in [1.54, 1.807) is 7.11 Å². The number of ether oxygens (including phenoxy) is 1. The highest BCUT2D eigenvalue weighted by molar-refractivity contribution is 5.74. The second-order valence-electron chi connectivity index (χ2n) is 7.50. The predicted molar refractivity (Wildman–Crippen MR) is 123 cm³/mol. The summed E-state index contributed by atoms with van der Waals surface area (Å²) < 4.78 is 5.73. The standard InChI is InChI=1S/C26H30N2O3/c1-31-24-18-9-8-16-22(24)26(20-12-4-2-5-13-20,21-14-6-3-7-15-21)28-23(25(29)30)17-10-11-19-27/h2-9,12-16,18,23,28H,10-11,17,19,27H2,1H3,(H,29,30)/t23-/m0/s1. The van der Waals surface area contributed by atoms with E-state index in [9.17, 15) is 9.90 Å². The van der Waals surface area contributed by atoms with E-state index >= 15 is 0 Å². The summed E-state index contributed by atoms with van der Waals surface area (Å²) in [4.78, 5) is 12.3. The molecule has 4 N–H and O–H groups in total. The molecule has 5 nitrogen and oxygen atoms in total. The molecule has 0 heterocycles. The van der Waals surface area contributed by atoms with E-state index in [-0.39, 0.29) is 0 Å². The molecular weight excluding hydrogens is 388 g/mol. The van der Waals surface area contributed by atoms with Crippen LogP contribution in [0, 0.1) is 0 Å². The van der Waals surface area contributed by atoms with Gasteiger partial charge in [0.15, 0.2) is 0 Å². The third-order valence-corrected chi connectivity index (χ3v) is 5.56. The molecule has 0 unspecified atom stereocenters. The summed E-state index contributed by atoms with van der Waals surface area (Å²) in [6, 6.07) is 26.8. The highest BCUT2D eigenvalue weighted by atomic mass is 16.5. The van der Waals surface area contributed by atoms with Crippen molar-refractivity contribution in [2.45, 2.75) is 30.8 Å². The molecule has 0 saturated heterocycles. The number of aliphatic carboxylic acids is 1. The highest BCUT2D eigenvalue weighted by Gasteiger charge is 2.41. The van der Waals surface area contributed by atoms with Crippen molar-refractivity contribution in [3.8, 4) is 5.75 Å². The van der Waals surface area contributed by atoms with Gasteiger partial charge in [0, 0.05) is 5.56 Å². The zero-order valence-corrected chi connectivity index (χ0v) is 17.8. The monoisotopic (exact) mass is 418 g/mol. The molecule has 0 aliphatic carbocycles. The molecule has 3 rings (SSSR count). The average Bonchev–Trinajstić information content (AvgIpc) is 2.82. The van der Waals surface area contributed by atoms with Gasteiger partial charge in [0.05, 0.1) is 12.6 Å². The van der Waals surface area contributed by atoms with E-state index in [1.165, 1.54) is 0 Å². The number of hydrogen-bond acceptors (Lipinski definition) is 4. The molecular formula is C26H30N2O3. The Hall–Kier alpha value is -3.15. The first-order valence-corrected chi connectivity index (χ1v) is 10.6. The van der Waals surface area contributed by atoms with E-state index < -0.39 is 17.6 Å². The molecule has 0 radical (unpaired) electrons. The molecule has 5 heteroatoms. The number of carboxylic acid groups (broad SMARTS) is 1. The summed E-state index contributed by atoms with van der Waals surface area (Å²) in [5.41, 5.74) is 7.47. The van der Waals surface area contributed by atoms with Crippen molar-refractivity contribution in [1.29, 1.82) is 0 Å². The van der Waals surface area contributed by atoms with Crippen molar-refractivity contribution < 1.29 is 14.6 Å². The summed E-state index contributed by atoms with van der Waals surface area (Å²) in [6.07, 6.45) is 1.99. The van der Waals surface area contributed by atoms with Gasteiger partial charge in [0.1, 0.15) is 11.8 Å². The molecule has 31 heavy (non-hydrogen) atoms. The maximum atomic E-state index is 12.3. The molecule has 0 aliphatic rings. The molecule has 0 spiro atoms. The number of para-hydroxylation sites is 1. The van der Waals surface area contributed by atoms with Crippen molar-refractivity contribution in [2.24, 2.45) is 5.73 Å². The van der Waals surface area contributed by atoms with Crippen LogP contribution < -0.4 is 15.8 Å². The van der Waals surface area contributed by atoms with Gasteiger partial charge in [-0.2, -0.15) is 0 Å². The normalized spacial score (nSPS) is 12.3. The molecule has 3 aromatic carbocycles. The van der Waals surface area contributed by atoms with Gasteiger partial charge in [0.2, 0.25) is 0 Å². The van der Waals surface area contributed by atoms with E-state index in [1.807, 2.05) is 84.9 Å². The van der Waals surface area contributed by atoms with Gasteiger partial charge < -0.3 is 15.6 Å². The van der Waals surface area contributed by atoms with Gasteiger partial charge in [-0.1, -0.05) is 85.3 Å². The third-order valence-electron chi connectivity index (χ3n) is 5.56. The Morgan fingerprint density at radius 3 is 2.00 bits per heavy atom. The molecule has 162 valence electrons. The van der Waals surface area contributed by atoms with Crippen LogP contribution in [-0.2, 0) is 10.3 Å². The van der Waals surface area contributed by atoms with Crippen LogP contribution in [0.1, 0.15) is 36.0 Å². The minimum Gasteiger partial charge on any atom is -0.496 e. The Morgan fingerprint density at radius 1 is 0.935 bits per heavy atom. The van der Waals surface area contributed by atoms with Gasteiger partial charge in [-0.25, -0.2) is 0 Å². The number of rotatable bonds is 11. The van der Waals surface area contributed by atoms with Crippen molar-refractivity contribution in [1.82, 2.24) is 5.32 Å². The van der Waals surface area contributed by atoms with Crippen LogP contribution in [0.5, 0.6) is 5.75 Å². The summed E-state index contributed by atoms with van der Waals surface area (Å²) in [6.45, 7) is 0.543. The van der Waals surface area contributed by atoms with Crippen molar-refractivity contribution in [2.75, 3.05) is 13.7 Å². The number of nitrogens with one attached hydrogen (secondary N) is 1. The Balaban J connectivity index is 2.26. The van der Waals surface area contributed by atoms with Crippen molar-refractivity contribution in [3.63, 3.8) is 0 Å². The minimum absolute atomic E-state index is 0.475. The van der Waals surface area contributed by atoms with E-state index in [4.69, 9.17) is 10.5 Å². The third kappa shape index (κ3) is 4.95. The van der Waals surface area contributed by atoms with Crippen LogP contribution in [0.4, 0.5) is 0 Å². The summed E-state index contributed by atoms with van der Waals surface area (Å²) in [5.74, 6) is -0.197. The van der Waals surface area contributed by atoms with Crippen molar-refractivity contribution in [3.05, 3.63) is 102 Å². The summed E-state index contributed by atoms with van der Waals surface area (Å²) >= 11 is 0. The first-order valence-electron chi connectivity index (χ1n) is 10.6. The molecule has 0 fully saturated rings. The molecule has 1 atom stereocenters. The fourth-order valence-electron chi connectivity index (χ4n) is 4.06. The molecule has 0 aromatic heterocycles. The lowest BCUT2D eigenvalue weighted by Crippen LogP contribution is -2.52. The molecule has 3 aromatic rings. The SMILES string of the molecule is COc1ccccc1C(N[C@@H](CCCCN)C(=O)O)(c1ccccc1)c1ccccc1. The van der Waals surface area contributed by atoms with Crippen LogP contribution in [0.25, 0.3) is 0 Å². The second-order valence-corrected chi connectivity index (χ2v) is 7.50. The van der Waals surface area contributed by atoms with Crippen LogP contribution in [0.15, 0.2) is 84.9 Å². The number of carbonyl (C=O) groups is 1. The Bertz CT molecular complexity index is 921. The fraction of sp³-hybridized carbons (Fsp3) is 0.269. The van der Waals surface area contributed by atoms with Crippen LogP contribution in [-0.4, -0.2) is 30.8 Å². The lowest BCUT2D eigenvalue weighted by atomic mass is 9.75. The zero-order chi connectivity index (χ0) is 22.1. The minimum atomic E-state index is -0.916. The number of hydrogen-bond donors (Lipinski definition) is 3. The summed E-state index contributed by atoms with van der Waals surface area (Å²) in [7, 11) is 1.63. The fourth-order valence-corrected chi connectivity index (χ4v) is 4.06. The average molecular weight is 419 g/mol. The van der Waals surface area contributed by atoms with E-state index in [2.05, 4.69) is 5.32 Å². The van der Waals surface area contributed by atoms with Gasteiger partial charge in [-0.05, 0) is 36.6 Å². The predicted octanol–water partition coefficient (Wildman–Crippen LogP) is 4.16. The van der Waals surface area contributed by atoms with Gasteiger partial charge in [-0.3, -0.25) is 10.1 Å². The first-order chi connectivity index (χ1) is 15.1. The Kier molecular flexibility index (Phi) is 7.82. The number of carboxylic acids is 1. The Morgan fingerprint density at radius 2 is 1.48 bits per heavy atom. The first kappa shape index (κ1) is 22.5. The second kappa shape index (κ2) is 10.8. The number of unbranched alkanes of at least 4 members (excludes halogenated alkanes) is 1.